The molecule has 1 N–H and O–H groups in total. The van der Waals surface area contributed by atoms with E-state index < -0.39 is 0 Å². The van der Waals surface area contributed by atoms with E-state index in [2.05, 4.69) is 10.3 Å². The van der Waals surface area contributed by atoms with Crippen LogP contribution in [-0.2, 0) is 4.79 Å². The highest BCUT2D eigenvalue weighted by molar-refractivity contribution is 8.00. The second-order valence-corrected chi connectivity index (χ2v) is 6.65. The second-order valence-electron chi connectivity index (χ2n) is 5.29. The number of pyridine rings is 1. The fourth-order valence-corrected chi connectivity index (χ4v) is 3.16. The fourth-order valence-electron chi connectivity index (χ4n) is 2.33. The number of nitrogens with zero attached hydrogens (tertiary/aromatic N) is 1. The summed E-state index contributed by atoms with van der Waals surface area (Å²) in [4.78, 5) is 17.0. The van der Waals surface area contributed by atoms with Crippen LogP contribution in [0.4, 0.5) is 5.69 Å². The number of nitrogens with one attached hydrogen (secondary N) is 1. The number of hydrogen-bond donors (Lipinski definition) is 1. The third kappa shape index (κ3) is 3.68. The van der Waals surface area contributed by atoms with E-state index in [0.717, 1.165) is 15.9 Å². The van der Waals surface area contributed by atoms with Gasteiger partial charge in [-0.25, -0.2) is 4.98 Å². The molecule has 1 heterocycles. The lowest BCUT2D eigenvalue weighted by atomic mass is 10.2. The molecule has 0 saturated heterocycles. The summed E-state index contributed by atoms with van der Waals surface area (Å²) < 4.78 is 5.26. The van der Waals surface area contributed by atoms with Crippen molar-refractivity contribution in [2.75, 3.05) is 12.4 Å². The molecule has 24 heavy (non-hydrogen) atoms. The summed E-state index contributed by atoms with van der Waals surface area (Å²) in [6.45, 7) is 1.87. The number of aromatic nitrogens is 1. The highest BCUT2D eigenvalue weighted by Gasteiger charge is 2.17. The van der Waals surface area contributed by atoms with E-state index >= 15 is 0 Å². The van der Waals surface area contributed by atoms with Crippen LogP contribution in [-0.4, -0.2) is 23.3 Å². The van der Waals surface area contributed by atoms with Crippen molar-refractivity contribution in [1.82, 2.24) is 4.98 Å². The van der Waals surface area contributed by atoms with Crippen molar-refractivity contribution in [3.8, 4) is 5.75 Å². The molecule has 1 aromatic heterocycles. The van der Waals surface area contributed by atoms with Gasteiger partial charge in [-0.1, -0.05) is 48.2 Å². The van der Waals surface area contributed by atoms with Gasteiger partial charge in [0.15, 0.2) is 0 Å². The van der Waals surface area contributed by atoms with Gasteiger partial charge in [-0.15, -0.1) is 0 Å². The number of rotatable bonds is 5. The fraction of sp³-hybridized carbons (Fsp3) is 0.158. The summed E-state index contributed by atoms with van der Waals surface area (Å²) in [6.07, 6.45) is 0. The molecular weight excluding hydrogens is 320 g/mol. The molecule has 3 rings (SSSR count). The van der Waals surface area contributed by atoms with Crippen molar-refractivity contribution in [3.63, 3.8) is 0 Å². The van der Waals surface area contributed by atoms with Crippen molar-refractivity contribution in [1.29, 1.82) is 0 Å². The zero-order valence-electron chi connectivity index (χ0n) is 13.5. The van der Waals surface area contributed by atoms with Crippen LogP contribution in [0.3, 0.4) is 0 Å². The van der Waals surface area contributed by atoms with Crippen molar-refractivity contribution < 1.29 is 9.53 Å². The minimum Gasteiger partial charge on any atom is -0.495 e. The molecule has 0 fully saturated rings. The van der Waals surface area contributed by atoms with Crippen LogP contribution < -0.4 is 10.1 Å². The van der Waals surface area contributed by atoms with Gasteiger partial charge in [-0.05, 0) is 31.2 Å². The monoisotopic (exact) mass is 338 g/mol. The first-order valence-corrected chi connectivity index (χ1v) is 8.51. The molecule has 0 unspecified atom stereocenters. The Kier molecular flexibility index (Phi) is 5.01. The standard InChI is InChI=1S/C19H18N2O2S/c1-13(19(22)21-16-9-5-6-10-17(16)23-2)24-18-12-11-14-7-3-4-8-15(14)20-18/h3-13H,1-2H3,(H,21,22)/t13-/m1/s1. The van der Waals surface area contributed by atoms with Crippen LogP contribution in [0.25, 0.3) is 10.9 Å². The minimum absolute atomic E-state index is 0.0838. The van der Waals surface area contributed by atoms with E-state index in [4.69, 9.17) is 4.74 Å². The first-order valence-electron chi connectivity index (χ1n) is 7.63. The number of para-hydroxylation sites is 3. The van der Waals surface area contributed by atoms with Gasteiger partial charge in [0.1, 0.15) is 5.75 Å². The Morgan fingerprint density at radius 2 is 1.83 bits per heavy atom. The molecule has 4 nitrogen and oxygen atoms in total. The van der Waals surface area contributed by atoms with Crippen molar-refractivity contribution in [3.05, 3.63) is 60.7 Å². The average molecular weight is 338 g/mol. The molecule has 1 atom stereocenters. The molecule has 0 bridgehead atoms. The zero-order valence-corrected chi connectivity index (χ0v) is 14.3. The molecule has 122 valence electrons. The van der Waals surface area contributed by atoms with Crippen LogP contribution in [0, 0.1) is 0 Å². The van der Waals surface area contributed by atoms with E-state index in [1.807, 2.05) is 67.6 Å². The molecule has 0 aliphatic heterocycles. The minimum atomic E-state index is -0.274. The number of fused-ring (bicyclic) bond motifs is 1. The smallest absolute Gasteiger partial charge is 0.237 e. The van der Waals surface area contributed by atoms with Gasteiger partial charge in [-0.2, -0.15) is 0 Å². The lowest BCUT2D eigenvalue weighted by Crippen LogP contribution is -2.22. The number of carbonyl (C=O) groups excluding carboxylic acids is 1. The van der Waals surface area contributed by atoms with E-state index in [0.29, 0.717) is 11.4 Å². The molecule has 0 aliphatic rings. The number of anilines is 1. The summed E-state index contributed by atoms with van der Waals surface area (Å²) in [5.41, 5.74) is 1.60. The summed E-state index contributed by atoms with van der Waals surface area (Å²) in [7, 11) is 1.59. The molecule has 0 radical (unpaired) electrons. The molecule has 1 amide bonds. The van der Waals surface area contributed by atoms with Gasteiger partial charge >= 0.3 is 0 Å². The molecule has 2 aromatic carbocycles. The molecule has 0 aliphatic carbocycles. The maximum absolute atomic E-state index is 12.4. The number of ether oxygens (including phenoxy) is 1. The number of hydrogen-bond acceptors (Lipinski definition) is 4. The van der Waals surface area contributed by atoms with E-state index in [1.54, 1.807) is 7.11 Å². The predicted octanol–water partition coefficient (Wildman–Crippen LogP) is 4.36. The van der Waals surface area contributed by atoms with Gasteiger partial charge in [-0.3, -0.25) is 4.79 Å². The van der Waals surface area contributed by atoms with Crippen molar-refractivity contribution in [2.45, 2.75) is 17.2 Å². The van der Waals surface area contributed by atoms with Crippen molar-refractivity contribution >= 4 is 34.3 Å². The van der Waals surface area contributed by atoms with Crippen molar-refractivity contribution in [2.24, 2.45) is 0 Å². The third-order valence-corrected chi connectivity index (χ3v) is 4.64. The van der Waals surface area contributed by atoms with Gasteiger partial charge < -0.3 is 10.1 Å². The van der Waals surface area contributed by atoms with E-state index in [1.165, 1.54) is 11.8 Å². The third-order valence-electron chi connectivity index (χ3n) is 3.60. The van der Waals surface area contributed by atoms with Crippen LogP contribution in [0.5, 0.6) is 5.75 Å². The normalized spacial score (nSPS) is 11.9. The molecule has 5 heteroatoms. The van der Waals surface area contributed by atoms with Crippen LogP contribution in [0.15, 0.2) is 65.7 Å². The first-order chi connectivity index (χ1) is 11.7. The Bertz CT molecular complexity index is 867. The van der Waals surface area contributed by atoms with Crippen LogP contribution >= 0.6 is 11.8 Å². The molecule has 0 spiro atoms. The Morgan fingerprint density at radius 1 is 1.08 bits per heavy atom. The van der Waals surface area contributed by atoms with E-state index in [9.17, 15) is 4.79 Å². The van der Waals surface area contributed by atoms with Gasteiger partial charge in [0.25, 0.3) is 0 Å². The Balaban J connectivity index is 1.71. The SMILES string of the molecule is COc1ccccc1NC(=O)[C@@H](C)Sc1ccc2ccccc2n1. The Hall–Kier alpha value is -2.53. The van der Waals surface area contributed by atoms with Gasteiger partial charge in [0.05, 0.1) is 28.6 Å². The Labute approximate surface area is 145 Å². The molecule has 0 saturated carbocycles. The summed E-state index contributed by atoms with van der Waals surface area (Å²) in [5.74, 6) is 0.561. The van der Waals surface area contributed by atoms with Crippen LogP contribution in [0.2, 0.25) is 0 Å². The maximum Gasteiger partial charge on any atom is 0.237 e. The van der Waals surface area contributed by atoms with Gasteiger partial charge in [0.2, 0.25) is 5.91 Å². The highest BCUT2D eigenvalue weighted by atomic mass is 32.2. The largest absolute Gasteiger partial charge is 0.495 e. The Morgan fingerprint density at radius 3 is 2.67 bits per heavy atom. The van der Waals surface area contributed by atoms with Crippen LogP contribution in [0.1, 0.15) is 6.92 Å². The lowest BCUT2D eigenvalue weighted by molar-refractivity contribution is -0.115. The highest BCUT2D eigenvalue weighted by Crippen LogP contribution is 2.27. The van der Waals surface area contributed by atoms with Gasteiger partial charge in [0, 0.05) is 5.39 Å². The maximum atomic E-state index is 12.4. The second kappa shape index (κ2) is 7.36. The summed E-state index contributed by atoms with van der Waals surface area (Å²) >= 11 is 1.44. The summed E-state index contributed by atoms with van der Waals surface area (Å²) in [5, 5.41) is 4.55. The number of thioether (sulfide) groups is 1. The van der Waals surface area contributed by atoms with E-state index in [-0.39, 0.29) is 11.2 Å². The summed E-state index contributed by atoms with van der Waals surface area (Å²) in [6, 6.07) is 19.3. The number of methoxy groups -OCH3 is 1. The average Bonchev–Trinajstić information content (AvgIpc) is 2.62. The molecule has 3 aromatic rings. The topological polar surface area (TPSA) is 51.2 Å². The number of benzene rings is 2. The quantitative estimate of drug-likeness (QED) is 0.702. The number of amides is 1. The predicted molar refractivity (Wildman–Crippen MR) is 98.7 cm³/mol. The lowest BCUT2D eigenvalue weighted by Gasteiger charge is -2.14. The first kappa shape index (κ1) is 16.3. The zero-order chi connectivity index (χ0) is 16.9. The number of carbonyl (C=O) groups is 1. The molecular formula is C19H18N2O2S.